The Balaban J connectivity index is 0.00000162. The molecule has 0 aliphatic carbocycles. The Morgan fingerprint density at radius 2 is 2.28 bits per heavy atom. The van der Waals surface area contributed by atoms with Crippen molar-refractivity contribution < 1.29 is 4.39 Å². The molecule has 0 amide bonds. The second-order valence-electron chi connectivity index (χ2n) is 4.65. The van der Waals surface area contributed by atoms with Crippen LogP contribution in [-0.4, -0.2) is 31.6 Å². The lowest BCUT2D eigenvalue weighted by Gasteiger charge is -2.17. The van der Waals surface area contributed by atoms with Crippen molar-refractivity contribution in [3.8, 4) is 0 Å². The normalized spacial score (nSPS) is 19.8. The second kappa shape index (κ2) is 7.29. The van der Waals surface area contributed by atoms with Gasteiger partial charge < -0.3 is 5.32 Å². The molecule has 18 heavy (non-hydrogen) atoms. The summed E-state index contributed by atoms with van der Waals surface area (Å²) in [5.41, 5.74) is 0.624. The van der Waals surface area contributed by atoms with Gasteiger partial charge in [-0.3, -0.25) is 4.90 Å². The van der Waals surface area contributed by atoms with Crippen molar-refractivity contribution in [2.75, 3.05) is 26.7 Å². The number of nitrogens with one attached hydrogen (secondary N) is 1. The van der Waals surface area contributed by atoms with E-state index in [1.165, 1.54) is 12.5 Å². The van der Waals surface area contributed by atoms with Gasteiger partial charge in [0.1, 0.15) is 5.82 Å². The summed E-state index contributed by atoms with van der Waals surface area (Å²) in [7, 11) is 1.97. The van der Waals surface area contributed by atoms with Gasteiger partial charge in [0.15, 0.2) is 0 Å². The van der Waals surface area contributed by atoms with Crippen molar-refractivity contribution in [1.82, 2.24) is 10.2 Å². The van der Waals surface area contributed by atoms with E-state index in [9.17, 15) is 4.39 Å². The van der Waals surface area contributed by atoms with Gasteiger partial charge in [0.25, 0.3) is 0 Å². The van der Waals surface area contributed by atoms with Gasteiger partial charge in [-0.15, -0.1) is 12.4 Å². The van der Waals surface area contributed by atoms with E-state index in [2.05, 4.69) is 10.2 Å². The maximum Gasteiger partial charge on any atom is 0.129 e. The summed E-state index contributed by atoms with van der Waals surface area (Å²) < 4.78 is 13.6. The average Bonchev–Trinajstić information content (AvgIpc) is 2.72. The van der Waals surface area contributed by atoms with Gasteiger partial charge in [0, 0.05) is 23.7 Å². The van der Waals surface area contributed by atoms with Gasteiger partial charge in [-0.25, -0.2) is 4.39 Å². The van der Waals surface area contributed by atoms with E-state index in [1.54, 1.807) is 12.1 Å². The Labute approximate surface area is 119 Å². The van der Waals surface area contributed by atoms with E-state index in [4.69, 9.17) is 11.6 Å². The molecular formula is C13H19Cl2FN2. The van der Waals surface area contributed by atoms with Gasteiger partial charge in [0.2, 0.25) is 0 Å². The molecule has 1 unspecified atom stereocenters. The Bertz CT molecular complexity index is 367. The number of hydrogen-bond acceptors (Lipinski definition) is 2. The van der Waals surface area contributed by atoms with E-state index in [0.717, 1.165) is 19.6 Å². The highest BCUT2D eigenvalue weighted by atomic mass is 35.5. The van der Waals surface area contributed by atoms with Crippen molar-refractivity contribution >= 4 is 24.0 Å². The molecule has 0 saturated carbocycles. The molecule has 1 fully saturated rings. The standard InChI is InChI=1S/C13H18ClFN2.ClH/c1-16-7-10-5-6-17(8-10)9-11-12(14)3-2-4-13(11)15;/h2-4,10,16H,5-9H2,1H3;1H. The molecule has 1 heterocycles. The lowest BCUT2D eigenvalue weighted by atomic mass is 10.1. The van der Waals surface area contributed by atoms with Gasteiger partial charge in [-0.05, 0) is 44.6 Å². The van der Waals surface area contributed by atoms with Crippen LogP contribution in [0.15, 0.2) is 18.2 Å². The minimum absolute atomic E-state index is 0. The molecule has 2 nitrogen and oxygen atoms in total. The quantitative estimate of drug-likeness (QED) is 0.918. The maximum absolute atomic E-state index is 13.6. The first-order chi connectivity index (χ1) is 8.20. The molecule has 1 aromatic carbocycles. The zero-order valence-corrected chi connectivity index (χ0v) is 12.0. The predicted octanol–water partition coefficient (Wildman–Crippen LogP) is 2.94. The molecule has 2 rings (SSSR count). The predicted molar refractivity (Wildman–Crippen MR) is 76.0 cm³/mol. The number of likely N-dealkylation sites (tertiary alicyclic amines) is 1. The third kappa shape index (κ3) is 3.82. The van der Waals surface area contributed by atoms with Crippen molar-refractivity contribution in [2.45, 2.75) is 13.0 Å². The van der Waals surface area contributed by atoms with E-state index in [1.807, 2.05) is 7.05 Å². The summed E-state index contributed by atoms with van der Waals surface area (Å²) in [6, 6.07) is 4.87. The topological polar surface area (TPSA) is 15.3 Å². The molecule has 1 aromatic rings. The van der Waals surface area contributed by atoms with Crippen molar-refractivity contribution in [3.63, 3.8) is 0 Å². The minimum atomic E-state index is -0.199. The van der Waals surface area contributed by atoms with Gasteiger partial charge >= 0.3 is 0 Å². The number of halogens is 3. The SMILES string of the molecule is CNCC1CCN(Cc2c(F)cccc2Cl)C1.Cl. The van der Waals surface area contributed by atoms with Crippen LogP contribution in [0, 0.1) is 11.7 Å². The molecule has 0 radical (unpaired) electrons. The first-order valence-electron chi connectivity index (χ1n) is 6.00. The molecule has 1 saturated heterocycles. The zero-order valence-electron chi connectivity index (χ0n) is 10.5. The van der Waals surface area contributed by atoms with Crippen LogP contribution < -0.4 is 5.32 Å². The summed E-state index contributed by atoms with van der Waals surface area (Å²) in [4.78, 5) is 2.27. The van der Waals surface area contributed by atoms with Gasteiger partial charge in [-0.1, -0.05) is 17.7 Å². The van der Waals surface area contributed by atoms with Gasteiger partial charge in [0.05, 0.1) is 0 Å². The van der Waals surface area contributed by atoms with E-state index < -0.39 is 0 Å². The van der Waals surface area contributed by atoms with Crippen molar-refractivity contribution in [2.24, 2.45) is 5.92 Å². The maximum atomic E-state index is 13.6. The fourth-order valence-electron chi connectivity index (χ4n) is 2.42. The number of nitrogens with zero attached hydrogens (tertiary/aromatic N) is 1. The smallest absolute Gasteiger partial charge is 0.129 e. The largest absolute Gasteiger partial charge is 0.319 e. The van der Waals surface area contributed by atoms with Crippen LogP contribution in [0.5, 0.6) is 0 Å². The van der Waals surface area contributed by atoms with Crippen LogP contribution in [0.4, 0.5) is 4.39 Å². The molecule has 0 bridgehead atoms. The van der Waals surface area contributed by atoms with Crippen LogP contribution in [-0.2, 0) is 6.54 Å². The lowest BCUT2D eigenvalue weighted by Crippen LogP contribution is -2.24. The number of benzene rings is 1. The Hall–Kier alpha value is -0.350. The molecule has 1 aliphatic heterocycles. The average molecular weight is 293 g/mol. The highest BCUT2D eigenvalue weighted by Gasteiger charge is 2.23. The minimum Gasteiger partial charge on any atom is -0.319 e. The first kappa shape index (κ1) is 15.7. The Morgan fingerprint density at radius 1 is 1.50 bits per heavy atom. The van der Waals surface area contributed by atoms with Crippen molar-refractivity contribution in [3.05, 3.63) is 34.6 Å². The van der Waals surface area contributed by atoms with E-state index in [0.29, 0.717) is 23.0 Å². The Morgan fingerprint density at radius 3 is 2.94 bits per heavy atom. The molecule has 1 atom stereocenters. The Kier molecular flexibility index (Phi) is 6.36. The molecule has 1 N–H and O–H groups in total. The zero-order chi connectivity index (χ0) is 12.3. The molecule has 0 spiro atoms. The summed E-state index contributed by atoms with van der Waals surface area (Å²) >= 11 is 6.03. The lowest BCUT2D eigenvalue weighted by molar-refractivity contribution is 0.310. The molecule has 0 aromatic heterocycles. The molecular weight excluding hydrogens is 274 g/mol. The highest BCUT2D eigenvalue weighted by Crippen LogP contribution is 2.24. The number of rotatable bonds is 4. The summed E-state index contributed by atoms with van der Waals surface area (Å²) in [6.07, 6.45) is 1.17. The monoisotopic (exact) mass is 292 g/mol. The van der Waals surface area contributed by atoms with Crippen molar-refractivity contribution in [1.29, 1.82) is 0 Å². The van der Waals surface area contributed by atoms with Crippen LogP contribution in [0.3, 0.4) is 0 Å². The van der Waals surface area contributed by atoms with Crippen LogP contribution in [0.1, 0.15) is 12.0 Å². The molecule has 5 heteroatoms. The fraction of sp³-hybridized carbons (Fsp3) is 0.538. The summed E-state index contributed by atoms with van der Waals surface area (Å²) in [6.45, 7) is 3.69. The van der Waals surface area contributed by atoms with Crippen LogP contribution in [0.2, 0.25) is 5.02 Å². The summed E-state index contributed by atoms with van der Waals surface area (Å²) in [5, 5.41) is 3.72. The highest BCUT2D eigenvalue weighted by molar-refractivity contribution is 6.31. The van der Waals surface area contributed by atoms with Crippen LogP contribution >= 0.6 is 24.0 Å². The van der Waals surface area contributed by atoms with E-state index >= 15 is 0 Å². The van der Waals surface area contributed by atoms with Crippen LogP contribution in [0.25, 0.3) is 0 Å². The number of hydrogen-bond donors (Lipinski definition) is 1. The third-order valence-corrected chi connectivity index (χ3v) is 3.66. The van der Waals surface area contributed by atoms with Gasteiger partial charge in [-0.2, -0.15) is 0 Å². The summed E-state index contributed by atoms with van der Waals surface area (Å²) in [5.74, 6) is 0.472. The second-order valence-corrected chi connectivity index (χ2v) is 5.05. The van der Waals surface area contributed by atoms with E-state index in [-0.39, 0.29) is 18.2 Å². The third-order valence-electron chi connectivity index (χ3n) is 3.31. The first-order valence-corrected chi connectivity index (χ1v) is 6.38. The fourth-order valence-corrected chi connectivity index (χ4v) is 2.64. The molecule has 102 valence electrons. The molecule has 1 aliphatic rings.